The summed E-state index contributed by atoms with van der Waals surface area (Å²) in [6.07, 6.45) is 1.55. The van der Waals surface area contributed by atoms with Crippen molar-refractivity contribution >= 4 is 48.6 Å². The molecule has 0 amide bonds. The molecule has 5 rings (SSSR count). The third-order valence-electron chi connectivity index (χ3n) is 4.78. The zero-order valence-corrected chi connectivity index (χ0v) is 19.6. The summed E-state index contributed by atoms with van der Waals surface area (Å²) in [5.74, 6) is 0. The Kier molecular flexibility index (Phi) is 5.91. The van der Waals surface area contributed by atoms with Gasteiger partial charge >= 0.3 is 0 Å². The van der Waals surface area contributed by atoms with Crippen molar-refractivity contribution in [2.75, 3.05) is 10.0 Å². The first-order chi connectivity index (χ1) is 16.1. The Morgan fingerprint density at radius 2 is 1.42 bits per heavy atom. The molecule has 0 radical (unpaired) electrons. The van der Waals surface area contributed by atoms with E-state index in [1.54, 1.807) is 47.2 Å². The predicted octanol–water partition coefficient (Wildman–Crippen LogP) is 6.48. The molecular weight excluding hydrogens is 472 g/mol. The Morgan fingerprint density at radius 1 is 0.758 bits per heavy atom. The van der Waals surface area contributed by atoms with Gasteiger partial charge in [-0.2, -0.15) is 0 Å². The van der Waals surface area contributed by atoms with Gasteiger partial charge in [-0.25, -0.2) is 18.4 Å². The molecule has 3 aromatic carbocycles. The van der Waals surface area contributed by atoms with E-state index in [-0.39, 0.29) is 4.90 Å². The summed E-state index contributed by atoms with van der Waals surface area (Å²) >= 11 is 2.78. The topological polar surface area (TPSA) is 84.0 Å². The first-order valence-electron chi connectivity index (χ1n) is 9.99. The van der Waals surface area contributed by atoms with E-state index in [1.807, 2.05) is 48.5 Å². The van der Waals surface area contributed by atoms with Crippen LogP contribution in [-0.4, -0.2) is 18.4 Å². The molecule has 2 N–H and O–H groups in total. The van der Waals surface area contributed by atoms with E-state index in [2.05, 4.69) is 27.2 Å². The minimum Gasteiger partial charge on any atom is -0.332 e. The van der Waals surface area contributed by atoms with Gasteiger partial charge in [-0.15, -0.1) is 11.3 Å². The van der Waals surface area contributed by atoms with Crippen LogP contribution in [0.15, 0.2) is 101 Å². The standard InChI is InChI=1S/C24H18N4O2S3/c29-33(30,28-23-25-15-16-31-23)20-13-11-19(12-14-20)26-24-27-21(17-7-3-1-4-8-17)22(32-24)18-9-5-2-6-10-18/h1-16H,(H,25,28)(H,26,27). The molecular formula is C24H18N4O2S3. The monoisotopic (exact) mass is 490 g/mol. The molecule has 5 aromatic rings. The lowest BCUT2D eigenvalue weighted by atomic mass is 10.1. The predicted molar refractivity (Wildman–Crippen MR) is 136 cm³/mol. The van der Waals surface area contributed by atoms with E-state index >= 15 is 0 Å². The van der Waals surface area contributed by atoms with Gasteiger partial charge in [0, 0.05) is 22.8 Å². The molecule has 0 saturated carbocycles. The summed E-state index contributed by atoms with van der Waals surface area (Å²) in [5, 5.41) is 6.09. The molecule has 0 aliphatic carbocycles. The van der Waals surface area contributed by atoms with Gasteiger partial charge in [0.05, 0.1) is 15.5 Å². The number of thiazole rings is 2. The normalized spacial score (nSPS) is 11.3. The van der Waals surface area contributed by atoms with Crippen LogP contribution in [0.25, 0.3) is 21.7 Å². The highest BCUT2D eigenvalue weighted by Crippen LogP contribution is 2.39. The largest absolute Gasteiger partial charge is 0.332 e. The molecule has 0 saturated heterocycles. The van der Waals surface area contributed by atoms with Crippen molar-refractivity contribution in [1.82, 2.24) is 9.97 Å². The molecule has 9 heteroatoms. The Labute approximate surface area is 199 Å². The van der Waals surface area contributed by atoms with Crippen LogP contribution in [0, 0.1) is 0 Å². The van der Waals surface area contributed by atoms with Crippen LogP contribution < -0.4 is 10.0 Å². The lowest BCUT2D eigenvalue weighted by Crippen LogP contribution is -2.12. The van der Waals surface area contributed by atoms with E-state index in [0.29, 0.717) is 5.13 Å². The Morgan fingerprint density at radius 3 is 2.06 bits per heavy atom. The van der Waals surface area contributed by atoms with Gasteiger partial charge in [0.1, 0.15) is 0 Å². The van der Waals surface area contributed by atoms with Crippen LogP contribution in [0.4, 0.5) is 16.0 Å². The number of aromatic nitrogens is 2. The zero-order valence-electron chi connectivity index (χ0n) is 17.2. The molecule has 0 bridgehead atoms. The lowest BCUT2D eigenvalue weighted by molar-refractivity contribution is 0.601. The third-order valence-corrected chi connectivity index (χ3v) is 7.97. The summed E-state index contributed by atoms with van der Waals surface area (Å²) in [7, 11) is -3.69. The van der Waals surface area contributed by atoms with E-state index in [4.69, 9.17) is 4.98 Å². The quantitative estimate of drug-likeness (QED) is 0.273. The number of sulfonamides is 1. The number of hydrogen-bond donors (Lipinski definition) is 2. The molecule has 0 atom stereocenters. The number of hydrogen-bond acceptors (Lipinski definition) is 7. The van der Waals surface area contributed by atoms with E-state index in [1.165, 1.54) is 11.3 Å². The average molecular weight is 491 g/mol. The maximum absolute atomic E-state index is 12.6. The summed E-state index contributed by atoms with van der Waals surface area (Å²) in [6.45, 7) is 0. The van der Waals surface area contributed by atoms with Crippen LogP contribution in [-0.2, 0) is 10.0 Å². The number of benzene rings is 3. The van der Waals surface area contributed by atoms with Gasteiger partial charge < -0.3 is 5.32 Å². The maximum Gasteiger partial charge on any atom is 0.263 e. The molecule has 6 nitrogen and oxygen atoms in total. The molecule has 0 aliphatic heterocycles. The minimum atomic E-state index is -3.69. The fourth-order valence-corrected chi connectivity index (χ4v) is 6.04. The van der Waals surface area contributed by atoms with E-state index in [9.17, 15) is 8.42 Å². The first kappa shape index (κ1) is 21.3. The molecule has 0 aliphatic rings. The van der Waals surface area contributed by atoms with Crippen molar-refractivity contribution in [1.29, 1.82) is 0 Å². The SMILES string of the molecule is O=S(=O)(Nc1nccs1)c1ccc(Nc2nc(-c3ccccc3)c(-c3ccccc3)s2)cc1. The molecule has 164 valence electrons. The van der Waals surface area contributed by atoms with Gasteiger partial charge in [0.2, 0.25) is 0 Å². The number of nitrogens with zero attached hydrogens (tertiary/aromatic N) is 2. The van der Waals surface area contributed by atoms with Crippen LogP contribution in [0.5, 0.6) is 0 Å². The second-order valence-corrected chi connectivity index (χ2v) is 10.6. The zero-order chi connectivity index (χ0) is 22.7. The van der Waals surface area contributed by atoms with Gasteiger partial charge in [0.25, 0.3) is 10.0 Å². The molecule has 0 unspecified atom stereocenters. The third kappa shape index (κ3) is 4.80. The fourth-order valence-electron chi connectivity index (χ4n) is 3.24. The smallest absolute Gasteiger partial charge is 0.263 e. The molecule has 0 fully saturated rings. The van der Waals surface area contributed by atoms with Crippen molar-refractivity contribution in [3.05, 3.63) is 96.5 Å². The molecule has 0 spiro atoms. The summed E-state index contributed by atoms with van der Waals surface area (Å²) in [6, 6.07) is 26.8. The second kappa shape index (κ2) is 9.14. The van der Waals surface area contributed by atoms with Crippen LogP contribution in [0.3, 0.4) is 0 Å². The van der Waals surface area contributed by atoms with Crippen LogP contribution in [0.2, 0.25) is 0 Å². The molecule has 2 heterocycles. The highest BCUT2D eigenvalue weighted by atomic mass is 32.2. The van der Waals surface area contributed by atoms with Crippen molar-refractivity contribution in [2.45, 2.75) is 4.90 Å². The summed E-state index contributed by atoms with van der Waals surface area (Å²) in [5.41, 5.74) is 3.78. The number of anilines is 3. The van der Waals surface area contributed by atoms with Crippen LogP contribution in [0.1, 0.15) is 0 Å². The Bertz CT molecular complexity index is 1390. The van der Waals surface area contributed by atoms with Gasteiger partial charge in [-0.3, -0.25) is 4.72 Å². The van der Waals surface area contributed by atoms with Crippen molar-refractivity contribution < 1.29 is 8.42 Å². The summed E-state index contributed by atoms with van der Waals surface area (Å²) in [4.78, 5) is 10.0. The van der Waals surface area contributed by atoms with Gasteiger partial charge in [0.15, 0.2) is 10.3 Å². The Balaban J connectivity index is 1.42. The van der Waals surface area contributed by atoms with E-state index in [0.717, 1.165) is 32.5 Å². The lowest BCUT2D eigenvalue weighted by Gasteiger charge is -2.07. The summed E-state index contributed by atoms with van der Waals surface area (Å²) < 4.78 is 27.6. The van der Waals surface area contributed by atoms with Gasteiger partial charge in [-0.05, 0) is 29.8 Å². The molecule has 33 heavy (non-hydrogen) atoms. The first-order valence-corrected chi connectivity index (χ1v) is 13.2. The van der Waals surface area contributed by atoms with E-state index < -0.39 is 10.0 Å². The highest BCUT2D eigenvalue weighted by Gasteiger charge is 2.17. The Hall–Kier alpha value is -3.53. The van der Waals surface area contributed by atoms with Crippen molar-refractivity contribution in [3.63, 3.8) is 0 Å². The fraction of sp³-hybridized carbons (Fsp3) is 0. The highest BCUT2D eigenvalue weighted by molar-refractivity contribution is 7.93. The maximum atomic E-state index is 12.6. The minimum absolute atomic E-state index is 0.164. The average Bonchev–Trinajstić information content (AvgIpc) is 3.50. The van der Waals surface area contributed by atoms with Crippen LogP contribution >= 0.6 is 22.7 Å². The second-order valence-electron chi connectivity index (χ2n) is 7.02. The van der Waals surface area contributed by atoms with Crippen molar-refractivity contribution in [2.24, 2.45) is 0 Å². The van der Waals surface area contributed by atoms with Crippen molar-refractivity contribution in [3.8, 4) is 21.7 Å². The number of rotatable bonds is 7. The molecule has 2 aromatic heterocycles. The number of nitrogens with one attached hydrogen (secondary N) is 2. The van der Waals surface area contributed by atoms with Gasteiger partial charge in [-0.1, -0.05) is 72.0 Å².